The molecule has 1 saturated heterocycles. The number of aryl methyl sites for hydroxylation is 2. The number of aromatic nitrogens is 3. The Bertz CT molecular complexity index is 1320. The lowest BCUT2D eigenvalue weighted by molar-refractivity contribution is 0.565. The largest absolute Gasteiger partial charge is 0.351 e. The molecule has 7 heteroatoms. The van der Waals surface area contributed by atoms with E-state index in [1.807, 2.05) is 42.7 Å². The van der Waals surface area contributed by atoms with Crippen molar-refractivity contribution < 1.29 is 0 Å². The number of benzene rings is 1. The third kappa shape index (κ3) is 3.85. The highest BCUT2D eigenvalue weighted by molar-refractivity contribution is 9.10. The lowest BCUT2D eigenvalue weighted by Gasteiger charge is -2.28. The van der Waals surface area contributed by atoms with Crippen LogP contribution >= 0.6 is 28.1 Å². The van der Waals surface area contributed by atoms with Crippen molar-refractivity contribution in [2.24, 2.45) is 0 Å². The molecule has 1 aliphatic rings. The van der Waals surface area contributed by atoms with Crippen molar-refractivity contribution in [2.75, 3.05) is 4.90 Å². The number of halogens is 1. The number of pyridine rings is 2. The lowest BCUT2D eigenvalue weighted by Crippen LogP contribution is -2.29. The van der Waals surface area contributed by atoms with Gasteiger partial charge in [-0.15, -0.1) is 0 Å². The Hall–Kier alpha value is -3.03. The van der Waals surface area contributed by atoms with E-state index in [4.69, 9.17) is 12.2 Å². The molecule has 1 aliphatic heterocycles. The van der Waals surface area contributed by atoms with Crippen molar-refractivity contribution in [3.8, 4) is 5.82 Å². The predicted molar refractivity (Wildman–Crippen MR) is 140 cm³/mol. The highest BCUT2D eigenvalue weighted by Crippen LogP contribution is 2.43. The average molecular weight is 518 g/mol. The highest BCUT2D eigenvalue weighted by atomic mass is 79.9. The van der Waals surface area contributed by atoms with E-state index in [1.54, 1.807) is 0 Å². The Morgan fingerprint density at radius 2 is 1.70 bits per heavy atom. The van der Waals surface area contributed by atoms with Crippen LogP contribution in [0, 0.1) is 20.8 Å². The van der Waals surface area contributed by atoms with Gasteiger partial charge in [-0.2, -0.15) is 0 Å². The molecule has 4 aromatic rings. The van der Waals surface area contributed by atoms with Crippen molar-refractivity contribution >= 4 is 38.9 Å². The van der Waals surface area contributed by atoms with Gasteiger partial charge in [0.1, 0.15) is 5.82 Å². The van der Waals surface area contributed by atoms with E-state index in [0.717, 1.165) is 38.6 Å². The molecule has 2 atom stereocenters. The van der Waals surface area contributed by atoms with E-state index in [9.17, 15) is 0 Å². The van der Waals surface area contributed by atoms with Crippen molar-refractivity contribution in [2.45, 2.75) is 32.9 Å². The summed E-state index contributed by atoms with van der Waals surface area (Å²) in [6.45, 7) is 6.39. The van der Waals surface area contributed by atoms with Gasteiger partial charge in [0.25, 0.3) is 0 Å². The molecule has 4 heterocycles. The Labute approximate surface area is 207 Å². The molecule has 166 valence electrons. The van der Waals surface area contributed by atoms with Gasteiger partial charge in [-0.3, -0.25) is 4.98 Å². The number of hydrogen-bond acceptors (Lipinski definition) is 3. The number of rotatable bonds is 4. The summed E-state index contributed by atoms with van der Waals surface area (Å²) in [5.74, 6) is 0.955. The maximum Gasteiger partial charge on any atom is 0.174 e. The van der Waals surface area contributed by atoms with Crippen LogP contribution in [-0.2, 0) is 0 Å². The second-order valence-electron chi connectivity index (χ2n) is 8.28. The van der Waals surface area contributed by atoms with Gasteiger partial charge < -0.3 is 14.8 Å². The molecule has 0 radical (unpaired) electrons. The van der Waals surface area contributed by atoms with Gasteiger partial charge in [0.15, 0.2) is 5.11 Å². The maximum absolute atomic E-state index is 5.86. The summed E-state index contributed by atoms with van der Waals surface area (Å²) in [6.07, 6.45) is 3.68. The molecule has 0 amide bonds. The smallest absolute Gasteiger partial charge is 0.174 e. The molecule has 0 unspecified atom stereocenters. The molecule has 0 saturated carbocycles. The standard InChI is InChI=1S/C26H24BrN5S/c1-16-7-6-14-29-25(16)31-17(2)15-21(18(31)3)24-23(22-8-4-5-13-28-22)30-26(33)32(24)20-11-9-19(27)10-12-20/h4-15,23-24H,1-3H3,(H,30,33)/t23-,24-/m1/s1. The molecule has 3 aromatic heterocycles. The molecule has 0 aliphatic carbocycles. The minimum Gasteiger partial charge on any atom is -0.351 e. The third-order valence-electron chi connectivity index (χ3n) is 6.19. The molecule has 1 N–H and O–H groups in total. The van der Waals surface area contributed by atoms with Crippen LogP contribution in [0.1, 0.15) is 40.3 Å². The van der Waals surface area contributed by atoms with Crippen molar-refractivity contribution in [1.29, 1.82) is 0 Å². The second kappa shape index (κ2) is 8.72. The van der Waals surface area contributed by atoms with Crippen molar-refractivity contribution in [3.63, 3.8) is 0 Å². The minimum atomic E-state index is -0.0823. The fraction of sp³-hybridized carbons (Fsp3) is 0.192. The maximum atomic E-state index is 5.86. The van der Waals surface area contributed by atoms with Gasteiger partial charge in [-0.25, -0.2) is 4.98 Å². The van der Waals surface area contributed by atoms with Gasteiger partial charge in [0.2, 0.25) is 0 Å². The van der Waals surface area contributed by atoms with Gasteiger partial charge in [0, 0.05) is 33.9 Å². The van der Waals surface area contributed by atoms with Crippen LogP contribution in [0.2, 0.25) is 0 Å². The predicted octanol–water partition coefficient (Wildman–Crippen LogP) is 6.13. The average Bonchev–Trinajstić information content (AvgIpc) is 3.31. The van der Waals surface area contributed by atoms with Crippen molar-refractivity contribution in [1.82, 2.24) is 19.9 Å². The lowest BCUT2D eigenvalue weighted by atomic mass is 9.96. The molecule has 0 bridgehead atoms. The Morgan fingerprint density at radius 3 is 2.39 bits per heavy atom. The highest BCUT2D eigenvalue weighted by Gasteiger charge is 2.42. The number of hydrogen-bond donors (Lipinski definition) is 1. The first-order valence-electron chi connectivity index (χ1n) is 10.8. The molecular formula is C26H24BrN5S. The molecule has 5 nitrogen and oxygen atoms in total. The summed E-state index contributed by atoms with van der Waals surface area (Å²) in [6, 6.07) is 20.5. The summed E-state index contributed by atoms with van der Waals surface area (Å²) < 4.78 is 3.27. The Balaban J connectivity index is 1.69. The summed E-state index contributed by atoms with van der Waals surface area (Å²) in [7, 11) is 0. The number of anilines is 1. The van der Waals surface area contributed by atoms with Crippen molar-refractivity contribution in [3.05, 3.63) is 106 Å². The normalized spacial score (nSPS) is 17.9. The number of thiocarbonyl (C=S) groups is 1. The number of nitrogens with one attached hydrogen (secondary N) is 1. The molecule has 5 rings (SSSR count). The Kier molecular flexibility index (Phi) is 5.76. The summed E-state index contributed by atoms with van der Waals surface area (Å²) in [4.78, 5) is 11.6. The molecule has 33 heavy (non-hydrogen) atoms. The molecule has 1 aromatic carbocycles. The van der Waals surface area contributed by atoms with Crippen LogP contribution in [-0.4, -0.2) is 19.6 Å². The van der Waals surface area contributed by atoms with Crippen LogP contribution in [0.5, 0.6) is 0 Å². The summed E-state index contributed by atoms with van der Waals surface area (Å²) >= 11 is 9.41. The fourth-order valence-corrected chi connectivity index (χ4v) is 5.29. The Morgan fingerprint density at radius 1 is 0.939 bits per heavy atom. The van der Waals surface area contributed by atoms with E-state index in [2.05, 4.69) is 91.8 Å². The number of nitrogens with zero attached hydrogens (tertiary/aromatic N) is 4. The van der Waals surface area contributed by atoms with Gasteiger partial charge in [0.05, 0.1) is 17.8 Å². The van der Waals surface area contributed by atoms with Gasteiger partial charge in [-0.1, -0.05) is 28.1 Å². The van der Waals surface area contributed by atoms with Gasteiger partial charge in [-0.05, 0) is 92.6 Å². The first-order chi connectivity index (χ1) is 16.0. The van der Waals surface area contributed by atoms with Crippen LogP contribution in [0.25, 0.3) is 5.82 Å². The second-order valence-corrected chi connectivity index (χ2v) is 9.58. The van der Waals surface area contributed by atoms with E-state index in [0.29, 0.717) is 5.11 Å². The van der Waals surface area contributed by atoms with E-state index in [1.165, 1.54) is 5.56 Å². The van der Waals surface area contributed by atoms with Crippen LogP contribution < -0.4 is 10.2 Å². The SMILES string of the molecule is Cc1cccnc1-n1c(C)cc([C@@H]2[C@@H](c3ccccn3)NC(=S)N2c2ccc(Br)cc2)c1C. The first-order valence-corrected chi connectivity index (χ1v) is 12.0. The van der Waals surface area contributed by atoms with Crippen LogP contribution in [0.4, 0.5) is 5.69 Å². The van der Waals surface area contributed by atoms with E-state index in [-0.39, 0.29) is 12.1 Å². The zero-order valence-corrected chi connectivity index (χ0v) is 21.1. The minimum absolute atomic E-state index is 0.0578. The van der Waals surface area contributed by atoms with Crippen LogP contribution in [0.3, 0.4) is 0 Å². The first kappa shape index (κ1) is 21.8. The summed E-state index contributed by atoms with van der Waals surface area (Å²) in [5.41, 5.74) is 6.62. The molecule has 1 fully saturated rings. The zero-order chi connectivity index (χ0) is 23.1. The fourth-order valence-electron chi connectivity index (χ4n) is 4.68. The van der Waals surface area contributed by atoms with E-state index < -0.39 is 0 Å². The van der Waals surface area contributed by atoms with E-state index >= 15 is 0 Å². The van der Waals surface area contributed by atoms with Gasteiger partial charge >= 0.3 is 0 Å². The molecule has 0 spiro atoms. The quantitative estimate of drug-likeness (QED) is 0.329. The van der Waals surface area contributed by atoms with Crippen LogP contribution in [0.15, 0.2) is 77.5 Å². The topological polar surface area (TPSA) is 46.0 Å². The monoisotopic (exact) mass is 517 g/mol. The zero-order valence-electron chi connectivity index (χ0n) is 18.7. The summed E-state index contributed by atoms with van der Waals surface area (Å²) in [5, 5.41) is 4.24. The third-order valence-corrected chi connectivity index (χ3v) is 7.03. The molecular weight excluding hydrogens is 494 g/mol.